The van der Waals surface area contributed by atoms with Gasteiger partial charge in [-0.05, 0) is 24.7 Å². The lowest BCUT2D eigenvalue weighted by Crippen LogP contribution is -2.43. The number of rotatable bonds is 4. The Labute approximate surface area is 103 Å². The van der Waals surface area contributed by atoms with Gasteiger partial charge in [0, 0.05) is 25.9 Å². The topological polar surface area (TPSA) is 51.0 Å². The Balaban J connectivity index is 1.77. The number of hydrogen-bond donors (Lipinski definition) is 1. The van der Waals surface area contributed by atoms with Crippen LogP contribution in [0.3, 0.4) is 0 Å². The first-order chi connectivity index (χ1) is 8.16. The van der Waals surface area contributed by atoms with Crippen LogP contribution in [-0.2, 0) is 6.42 Å². The first-order valence-corrected chi connectivity index (χ1v) is 6.69. The van der Waals surface area contributed by atoms with E-state index in [-0.39, 0.29) is 0 Å². The molecule has 0 radical (unpaired) electrons. The molecule has 0 spiro atoms. The van der Waals surface area contributed by atoms with E-state index in [4.69, 9.17) is 4.52 Å². The summed E-state index contributed by atoms with van der Waals surface area (Å²) >= 11 is 0. The minimum absolute atomic E-state index is 0.650. The van der Waals surface area contributed by atoms with E-state index in [2.05, 4.69) is 29.3 Å². The molecule has 2 unspecified atom stereocenters. The molecule has 0 saturated heterocycles. The van der Waals surface area contributed by atoms with Crippen molar-refractivity contribution in [2.45, 2.75) is 52.5 Å². The van der Waals surface area contributed by atoms with Gasteiger partial charge in [-0.2, -0.15) is 4.98 Å². The average molecular weight is 237 g/mol. The van der Waals surface area contributed by atoms with Crippen molar-refractivity contribution < 1.29 is 4.52 Å². The fourth-order valence-electron chi connectivity index (χ4n) is 2.88. The second kappa shape index (κ2) is 5.63. The highest BCUT2D eigenvalue weighted by atomic mass is 16.5. The van der Waals surface area contributed by atoms with Gasteiger partial charge in [-0.3, -0.25) is 0 Å². The molecule has 2 atom stereocenters. The summed E-state index contributed by atoms with van der Waals surface area (Å²) in [5.74, 6) is 3.03. The minimum atomic E-state index is 0.650. The smallest absolute Gasteiger partial charge is 0.223 e. The molecule has 4 heteroatoms. The molecule has 1 saturated carbocycles. The van der Waals surface area contributed by atoms with Crippen LogP contribution >= 0.6 is 0 Å². The Morgan fingerprint density at radius 1 is 1.29 bits per heavy atom. The molecule has 1 aliphatic rings. The highest BCUT2D eigenvalue weighted by molar-refractivity contribution is 4.87. The minimum Gasteiger partial charge on any atom is -0.340 e. The van der Waals surface area contributed by atoms with Crippen LogP contribution in [0.5, 0.6) is 0 Å². The Kier molecular flexibility index (Phi) is 4.15. The standard InChI is InChI=1S/C13H23N3O/c1-9-5-4-6-10(2)13(9)14-8-7-12-15-11(3)17-16-12/h9-10,13-14H,4-8H2,1-3H3. The third-order valence-electron chi connectivity index (χ3n) is 3.84. The van der Waals surface area contributed by atoms with Gasteiger partial charge in [0.15, 0.2) is 5.82 Å². The van der Waals surface area contributed by atoms with Gasteiger partial charge in [-0.25, -0.2) is 0 Å². The van der Waals surface area contributed by atoms with Crippen molar-refractivity contribution in [3.63, 3.8) is 0 Å². The van der Waals surface area contributed by atoms with E-state index >= 15 is 0 Å². The van der Waals surface area contributed by atoms with Crippen molar-refractivity contribution in [2.24, 2.45) is 11.8 Å². The Morgan fingerprint density at radius 2 is 2.00 bits per heavy atom. The van der Waals surface area contributed by atoms with E-state index in [1.165, 1.54) is 19.3 Å². The van der Waals surface area contributed by atoms with E-state index in [1.54, 1.807) is 0 Å². The maximum absolute atomic E-state index is 4.96. The molecule has 0 amide bonds. The SMILES string of the molecule is Cc1nc(CCNC2C(C)CCCC2C)no1. The van der Waals surface area contributed by atoms with Crippen LogP contribution in [0.15, 0.2) is 4.52 Å². The highest BCUT2D eigenvalue weighted by Crippen LogP contribution is 2.28. The van der Waals surface area contributed by atoms with Gasteiger partial charge in [0.1, 0.15) is 0 Å². The van der Waals surface area contributed by atoms with Crippen molar-refractivity contribution in [1.29, 1.82) is 0 Å². The summed E-state index contributed by atoms with van der Waals surface area (Å²) in [5.41, 5.74) is 0. The van der Waals surface area contributed by atoms with Crippen molar-refractivity contribution in [3.05, 3.63) is 11.7 Å². The lowest BCUT2D eigenvalue weighted by Gasteiger charge is -2.35. The van der Waals surface area contributed by atoms with E-state index in [9.17, 15) is 0 Å². The molecule has 96 valence electrons. The second-order valence-electron chi connectivity index (χ2n) is 5.35. The molecule has 2 rings (SSSR count). The van der Waals surface area contributed by atoms with Crippen molar-refractivity contribution in [1.82, 2.24) is 15.5 Å². The number of hydrogen-bond acceptors (Lipinski definition) is 4. The van der Waals surface area contributed by atoms with Gasteiger partial charge in [0.25, 0.3) is 0 Å². The van der Waals surface area contributed by atoms with Crippen molar-refractivity contribution in [2.75, 3.05) is 6.54 Å². The third-order valence-corrected chi connectivity index (χ3v) is 3.84. The Hall–Kier alpha value is -0.900. The molecule has 0 bridgehead atoms. The number of nitrogens with zero attached hydrogens (tertiary/aromatic N) is 2. The Morgan fingerprint density at radius 3 is 2.59 bits per heavy atom. The van der Waals surface area contributed by atoms with Crippen LogP contribution in [0.25, 0.3) is 0 Å². The van der Waals surface area contributed by atoms with E-state index in [0.29, 0.717) is 11.9 Å². The maximum Gasteiger partial charge on any atom is 0.223 e. The van der Waals surface area contributed by atoms with Crippen molar-refractivity contribution in [3.8, 4) is 0 Å². The largest absolute Gasteiger partial charge is 0.340 e. The molecule has 1 heterocycles. The lowest BCUT2D eigenvalue weighted by atomic mass is 9.79. The summed E-state index contributed by atoms with van der Waals surface area (Å²) in [4.78, 5) is 4.21. The number of aryl methyl sites for hydroxylation is 1. The van der Waals surface area contributed by atoms with Gasteiger partial charge >= 0.3 is 0 Å². The molecule has 4 nitrogen and oxygen atoms in total. The Bertz CT molecular complexity index is 340. The van der Waals surface area contributed by atoms with Crippen LogP contribution in [-0.4, -0.2) is 22.7 Å². The number of nitrogens with one attached hydrogen (secondary N) is 1. The molecular weight excluding hydrogens is 214 g/mol. The highest BCUT2D eigenvalue weighted by Gasteiger charge is 2.26. The molecule has 1 N–H and O–H groups in total. The van der Waals surface area contributed by atoms with Gasteiger partial charge in [-0.1, -0.05) is 25.4 Å². The first kappa shape index (κ1) is 12.6. The average Bonchev–Trinajstić information content (AvgIpc) is 2.69. The molecule has 1 aromatic heterocycles. The monoisotopic (exact) mass is 237 g/mol. The van der Waals surface area contributed by atoms with E-state index < -0.39 is 0 Å². The summed E-state index contributed by atoms with van der Waals surface area (Å²) in [6, 6.07) is 0.650. The van der Waals surface area contributed by atoms with Gasteiger partial charge in [-0.15, -0.1) is 0 Å². The summed E-state index contributed by atoms with van der Waals surface area (Å²) in [7, 11) is 0. The van der Waals surface area contributed by atoms with Crippen LogP contribution in [0, 0.1) is 18.8 Å². The zero-order chi connectivity index (χ0) is 12.3. The van der Waals surface area contributed by atoms with E-state index in [0.717, 1.165) is 30.6 Å². The third kappa shape index (κ3) is 3.28. The first-order valence-electron chi connectivity index (χ1n) is 6.69. The summed E-state index contributed by atoms with van der Waals surface area (Å²) in [6.07, 6.45) is 4.93. The van der Waals surface area contributed by atoms with Crippen molar-refractivity contribution >= 4 is 0 Å². The lowest BCUT2D eigenvalue weighted by molar-refractivity contribution is 0.210. The molecular formula is C13H23N3O. The van der Waals surface area contributed by atoms with Gasteiger partial charge < -0.3 is 9.84 Å². The summed E-state index contributed by atoms with van der Waals surface area (Å²) in [5, 5.41) is 7.57. The molecule has 1 aromatic rings. The fourth-order valence-corrected chi connectivity index (χ4v) is 2.88. The predicted molar refractivity (Wildman–Crippen MR) is 66.7 cm³/mol. The molecule has 17 heavy (non-hydrogen) atoms. The van der Waals surface area contributed by atoms with Crippen LogP contribution in [0.4, 0.5) is 0 Å². The zero-order valence-corrected chi connectivity index (χ0v) is 11.1. The second-order valence-corrected chi connectivity index (χ2v) is 5.35. The van der Waals surface area contributed by atoms with Crippen LogP contribution in [0.2, 0.25) is 0 Å². The van der Waals surface area contributed by atoms with E-state index in [1.807, 2.05) is 6.92 Å². The molecule has 0 aromatic carbocycles. The van der Waals surface area contributed by atoms with Gasteiger partial charge in [0.2, 0.25) is 5.89 Å². The quantitative estimate of drug-likeness (QED) is 0.873. The normalized spacial score (nSPS) is 29.5. The zero-order valence-electron chi connectivity index (χ0n) is 11.1. The van der Waals surface area contributed by atoms with Crippen LogP contribution in [0.1, 0.15) is 44.8 Å². The predicted octanol–water partition coefficient (Wildman–Crippen LogP) is 2.33. The molecule has 0 aliphatic heterocycles. The van der Waals surface area contributed by atoms with Gasteiger partial charge in [0.05, 0.1) is 0 Å². The summed E-state index contributed by atoms with van der Waals surface area (Å²) < 4.78 is 4.96. The molecule has 1 fully saturated rings. The van der Waals surface area contributed by atoms with Crippen LogP contribution < -0.4 is 5.32 Å². The number of aromatic nitrogens is 2. The summed E-state index contributed by atoms with van der Waals surface area (Å²) in [6.45, 7) is 7.48. The maximum atomic E-state index is 4.96. The fraction of sp³-hybridized carbons (Fsp3) is 0.846. The molecule has 1 aliphatic carbocycles.